The number of carbonyl (C=O) groups excluding carboxylic acids is 1. The molecular weight excluding hydrogens is 412 g/mol. The number of hydrogen-bond acceptors (Lipinski definition) is 5. The second kappa shape index (κ2) is 7.78. The Bertz CT molecular complexity index is 1150. The molecule has 0 saturated carbocycles. The van der Waals surface area contributed by atoms with Crippen molar-refractivity contribution >= 4 is 44.3 Å². The molecule has 4 rings (SSSR count). The number of hydrogen-bond donors (Lipinski definition) is 1. The van der Waals surface area contributed by atoms with Crippen LogP contribution >= 0.6 is 11.6 Å². The summed E-state index contributed by atoms with van der Waals surface area (Å²) >= 11 is 6.05. The van der Waals surface area contributed by atoms with Gasteiger partial charge in [0, 0.05) is 25.2 Å². The van der Waals surface area contributed by atoms with Gasteiger partial charge in [0.25, 0.3) is 0 Å². The van der Waals surface area contributed by atoms with Crippen LogP contribution in [0.3, 0.4) is 0 Å². The van der Waals surface area contributed by atoms with Crippen molar-refractivity contribution in [2.75, 3.05) is 29.9 Å². The third-order valence-corrected chi connectivity index (χ3v) is 7.03. The molecule has 1 saturated heterocycles. The van der Waals surface area contributed by atoms with Gasteiger partial charge in [-0.15, -0.1) is 0 Å². The van der Waals surface area contributed by atoms with Crippen LogP contribution in [0.2, 0.25) is 5.02 Å². The summed E-state index contributed by atoms with van der Waals surface area (Å²) in [6.07, 6.45) is 0. The SMILES string of the molecule is Cn1c(NC(=O)C(c2ccccc2)N2CCS(=O)(=O)CC2)nc2cc(Cl)ccc21. The van der Waals surface area contributed by atoms with Gasteiger partial charge < -0.3 is 4.57 Å². The molecule has 0 spiro atoms. The topological polar surface area (TPSA) is 84.3 Å². The van der Waals surface area contributed by atoms with E-state index in [2.05, 4.69) is 10.3 Å². The highest BCUT2D eigenvalue weighted by molar-refractivity contribution is 7.91. The Morgan fingerprint density at radius 1 is 1.14 bits per heavy atom. The smallest absolute Gasteiger partial charge is 0.248 e. The van der Waals surface area contributed by atoms with Gasteiger partial charge in [0.2, 0.25) is 11.9 Å². The van der Waals surface area contributed by atoms with Crippen LogP contribution < -0.4 is 5.32 Å². The molecule has 1 aliphatic rings. The first-order chi connectivity index (χ1) is 13.8. The molecule has 2 heterocycles. The van der Waals surface area contributed by atoms with Crippen molar-refractivity contribution in [3.05, 3.63) is 59.1 Å². The summed E-state index contributed by atoms with van der Waals surface area (Å²) in [6.45, 7) is 0.626. The summed E-state index contributed by atoms with van der Waals surface area (Å²) in [4.78, 5) is 19.7. The van der Waals surface area contributed by atoms with Gasteiger partial charge in [0.05, 0.1) is 22.5 Å². The van der Waals surface area contributed by atoms with E-state index in [1.807, 2.05) is 48.3 Å². The summed E-state index contributed by atoms with van der Waals surface area (Å²) < 4.78 is 25.5. The Kier molecular flexibility index (Phi) is 5.33. The fourth-order valence-electron chi connectivity index (χ4n) is 3.61. The molecule has 1 aliphatic heterocycles. The van der Waals surface area contributed by atoms with E-state index in [4.69, 9.17) is 11.6 Å². The molecule has 1 amide bonds. The van der Waals surface area contributed by atoms with Crippen LogP contribution in [-0.4, -0.2) is 53.4 Å². The summed E-state index contributed by atoms with van der Waals surface area (Å²) in [6, 6.07) is 14.1. The number of benzene rings is 2. The quantitative estimate of drug-likeness (QED) is 0.685. The van der Waals surface area contributed by atoms with Crippen molar-refractivity contribution in [1.29, 1.82) is 0 Å². The van der Waals surface area contributed by atoms with Crippen molar-refractivity contribution in [3.63, 3.8) is 0 Å². The van der Waals surface area contributed by atoms with E-state index in [-0.39, 0.29) is 17.4 Å². The molecule has 1 unspecified atom stereocenters. The molecule has 0 bridgehead atoms. The lowest BCUT2D eigenvalue weighted by molar-refractivity contribution is -0.121. The lowest BCUT2D eigenvalue weighted by atomic mass is 10.0. The number of nitrogens with zero attached hydrogens (tertiary/aromatic N) is 3. The molecule has 1 atom stereocenters. The molecule has 1 N–H and O–H groups in total. The second-order valence-corrected chi connectivity index (χ2v) is 9.86. The Morgan fingerprint density at radius 2 is 1.83 bits per heavy atom. The molecule has 29 heavy (non-hydrogen) atoms. The van der Waals surface area contributed by atoms with Gasteiger partial charge in [-0.3, -0.25) is 15.0 Å². The molecule has 1 aromatic heterocycles. The molecule has 0 radical (unpaired) electrons. The van der Waals surface area contributed by atoms with Crippen LogP contribution in [-0.2, 0) is 21.7 Å². The summed E-state index contributed by atoms with van der Waals surface area (Å²) in [5.41, 5.74) is 2.35. The zero-order valence-corrected chi connectivity index (χ0v) is 17.4. The third kappa shape index (κ3) is 4.14. The van der Waals surface area contributed by atoms with E-state index in [9.17, 15) is 13.2 Å². The van der Waals surface area contributed by atoms with Crippen molar-refractivity contribution in [2.24, 2.45) is 7.05 Å². The highest BCUT2D eigenvalue weighted by Crippen LogP contribution is 2.26. The van der Waals surface area contributed by atoms with Crippen LogP contribution in [0.25, 0.3) is 11.0 Å². The largest absolute Gasteiger partial charge is 0.313 e. The lowest BCUT2D eigenvalue weighted by Gasteiger charge is -2.33. The van der Waals surface area contributed by atoms with Crippen LogP contribution in [0.4, 0.5) is 5.95 Å². The minimum absolute atomic E-state index is 0.0500. The molecule has 1 fully saturated rings. The van der Waals surface area contributed by atoms with Gasteiger partial charge in [-0.05, 0) is 23.8 Å². The number of rotatable bonds is 4. The Labute approximate surface area is 174 Å². The number of aromatic nitrogens is 2. The minimum Gasteiger partial charge on any atom is -0.313 e. The van der Waals surface area contributed by atoms with Crippen molar-refractivity contribution in [2.45, 2.75) is 6.04 Å². The number of anilines is 1. The predicted molar refractivity (Wildman–Crippen MR) is 114 cm³/mol. The van der Waals surface area contributed by atoms with E-state index >= 15 is 0 Å². The molecule has 3 aromatic rings. The predicted octanol–water partition coefficient (Wildman–Crippen LogP) is 2.64. The second-order valence-electron chi connectivity index (χ2n) is 7.12. The van der Waals surface area contributed by atoms with Gasteiger partial charge in [-0.2, -0.15) is 0 Å². The number of carbonyl (C=O) groups is 1. The van der Waals surface area contributed by atoms with Crippen molar-refractivity contribution < 1.29 is 13.2 Å². The molecular formula is C20H21ClN4O3S. The molecule has 0 aliphatic carbocycles. The normalized spacial score (nSPS) is 17.9. The van der Waals surface area contributed by atoms with E-state index in [0.717, 1.165) is 11.1 Å². The molecule has 7 nitrogen and oxygen atoms in total. The first-order valence-electron chi connectivity index (χ1n) is 9.26. The Hall–Kier alpha value is -2.42. The number of nitrogens with one attached hydrogen (secondary N) is 1. The van der Waals surface area contributed by atoms with Gasteiger partial charge in [-0.1, -0.05) is 41.9 Å². The molecule has 9 heteroatoms. The first-order valence-corrected chi connectivity index (χ1v) is 11.5. The zero-order chi connectivity index (χ0) is 20.6. The lowest BCUT2D eigenvalue weighted by Crippen LogP contribution is -2.46. The Balaban J connectivity index is 1.64. The van der Waals surface area contributed by atoms with E-state index < -0.39 is 15.9 Å². The average molecular weight is 433 g/mol. The number of aryl methyl sites for hydroxylation is 1. The number of imidazole rings is 1. The van der Waals surface area contributed by atoms with E-state index in [1.54, 1.807) is 16.7 Å². The van der Waals surface area contributed by atoms with Crippen LogP contribution in [0.5, 0.6) is 0 Å². The van der Waals surface area contributed by atoms with Crippen LogP contribution in [0.15, 0.2) is 48.5 Å². The van der Waals surface area contributed by atoms with Gasteiger partial charge in [0.15, 0.2) is 9.84 Å². The average Bonchev–Trinajstić information content (AvgIpc) is 2.99. The number of sulfone groups is 1. The number of amides is 1. The van der Waals surface area contributed by atoms with Crippen LogP contribution in [0.1, 0.15) is 11.6 Å². The summed E-state index contributed by atoms with van der Waals surface area (Å²) in [5.74, 6) is 0.265. The van der Waals surface area contributed by atoms with E-state index in [1.165, 1.54) is 0 Å². The fourth-order valence-corrected chi connectivity index (χ4v) is 5.01. The van der Waals surface area contributed by atoms with Crippen LogP contribution in [0, 0.1) is 0 Å². The monoisotopic (exact) mass is 432 g/mol. The van der Waals surface area contributed by atoms with Crippen molar-refractivity contribution in [1.82, 2.24) is 14.5 Å². The molecule has 2 aromatic carbocycles. The van der Waals surface area contributed by atoms with Crippen molar-refractivity contribution in [3.8, 4) is 0 Å². The summed E-state index contributed by atoms with van der Waals surface area (Å²) in [5, 5.41) is 3.49. The number of halogens is 1. The zero-order valence-electron chi connectivity index (χ0n) is 15.9. The standard InChI is InChI=1S/C20H21ClN4O3S/c1-24-17-8-7-15(21)13-16(17)22-20(24)23-19(26)18(14-5-3-2-4-6-14)25-9-11-29(27,28)12-10-25/h2-8,13,18H,9-12H2,1H3,(H,22,23,26). The van der Waals surface area contributed by atoms with Gasteiger partial charge >= 0.3 is 0 Å². The first kappa shape index (κ1) is 19.9. The minimum atomic E-state index is -3.05. The highest BCUT2D eigenvalue weighted by atomic mass is 35.5. The maximum Gasteiger partial charge on any atom is 0.248 e. The van der Waals surface area contributed by atoms with Gasteiger partial charge in [0.1, 0.15) is 6.04 Å². The van der Waals surface area contributed by atoms with Gasteiger partial charge in [-0.25, -0.2) is 13.4 Å². The Morgan fingerprint density at radius 3 is 2.52 bits per heavy atom. The molecule has 152 valence electrons. The summed E-state index contributed by atoms with van der Waals surface area (Å²) in [7, 11) is -1.22. The highest BCUT2D eigenvalue weighted by Gasteiger charge is 2.33. The number of fused-ring (bicyclic) bond motifs is 1. The third-order valence-electron chi connectivity index (χ3n) is 5.19. The van der Waals surface area contributed by atoms with E-state index in [0.29, 0.717) is 29.6 Å². The maximum atomic E-state index is 13.3. The maximum absolute atomic E-state index is 13.3. The fraction of sp³-hybridized carbons (Fsp3) is 0.300.